The van der Waals surface area contributed by atoms with Gasteiger partial charge in [0.1, 0.15) is 22.9 Å². The zero-order chi connectivity index (χ0) is 24.8. The van der Waals surface area contributed by atoms with E-state index in [4.69, 9.17) is 18.9 Å². The van der Waals surface area contributed by atoms with E-state index >= 15 is 0 Å². The number of rotatable bonds is 8. The third kappa shape index (κ3) is 6.97. The third-order valence-corrected chi connectivity index (χ3v) is 4.55. The second kappa shape index (κ2) is 10.8. The molecule has 178 valence electrons. The van der Waals surface area contributed by atoms with Crippen molar-refractivity contribution in [3.8, 4) is 11.5 Å². The van der Waals surface area contributed by atoms with Crippen LogP contribution in [-0.2, 0) is 22.4 Å². The fourth-order valence-electron chi connectivity index (χ4n) is 3.07. The number of methoxy groups -OCH3 is 3. The minimum atomic E-state index is -0.716. The van der Waals surface area contributed by atoms with Gasteiger partial charge in [-0.3, -0.25) is 4.90 Å². The topological polar surface area (TPSA) is 87.2 Å². The molecule has 1 aromatic carbocycles. The molecule has 0 N–H and O–H groups in total. The minimum absolute atomic E-state index is 0.124. The Hall–Kier alpha value is -3.55. The lowest BCUT2D eigenvalue weighted by molar-refractivity contribution is 0.0574. The van der Waals surface area contributed by atoms with E-state index in [1.807, 2.05) is 13.0 Å². The van der Waals surface area contributed by atoms with Crippen LogP contribution in [0.2, 0.25) is 0 Å². The summed E-state index contributed by atoms with van der Waals surface area (Å²) in [4.78, 5) is 31.4. The molecule has 1 amide bonds. The molecular weight excluding hydrogens is 424 g/mol. The second-order valence-corrected chi connectivity index (χ2v) is 8.53. The van der Waals surface area contributed by atoms with Crippen LogP contribution >= 0.6 is 0 Å². The molecule has 1 aromatic heterocycles. The highest BCUT2D eigenvalue weighted by Gasteiger charge is 2.27. The van der Waals surface area contributed by atoms with Crippen molar-refractivity contribution in [2.75, 3.05) is 26.2 Å². The van der Waals surface area contributed by atoms with E-state index in [1.54, 1.807) is 59.3 Å². The normalized spacial score (nSPS) is 10.9. The number of ether oxygens (including phenoxy) is 4. The second-order valence-electron chi connectivity index (χ2n) is 8.53. The largest absolute Gasteiger partial charge is 0.497 e. The molecule has 33 heavy (non-hydrogen) atoms. The number of esters is 1. The van der Waals surface area contributed by atoms with E-state index in [2.05, 4.69) is 11.6 Å². The van der Waals surface area contributed by atoms with Crippen LogP contribution in [0.5, 0.6) is 11.5 Å². The van der Waals surface area contributed by atoms with Crippen LogP contribution in [0, 0.1) is 0 Å². The van der Waals surface area contributed by atoms with Gasteiger partial charge in [0.2, 0.25) is 0 Å². The lowest BCUT2D eigenvalue weighted by Crippen LogP contribution is -2.37. The first-order chi connectivity index (χ1) is 15.5. The molecule has 1 heterocycles. The fraction of sp³-hybridized carbons (Fsp3) is 0.400. The van der Waals surface area contributed by atoms with Crippen molar-refractivity contribution >= 4 is 17.9 Å². The zero-order valence-corrected chi connectivity index (χ0v) is 20.4. The lowest BCUT2D eigenvalue weighted by Gasteiger charge is -2.28. The van der Waals surface area contributed by atoms with Gasteiger partial charge in [-0.15, -0.1) is 0 Å². The zero-order valence-electron chi connectivity index (χ0n) is 20.4. The van der Waals surface area contributed by atoms with Crippen LogP contribution in [0.4, 0.5) is 10.6 Å². The molecule has 0 atom stereocenters. The highest BCUT2D eigenvalue weighted by Crippen LogP contribution is 2.29. The van der Waals surface area contributed by atoms with Crippen LogP contribution in [-0.4, -0.2) is 44.0 Å². The number of pyridine rings is 1. The van der Waals surface area contributed by atoms with Crippen LogP contribution in [0.1, 0.15) is 49.3 Å². The Balaban J connectivity index is 2.57. The minimum Gasteiger partial charge on any atom is -0.497 e. The number of benzene rings is 1. The molecule has 0 saturated heterocycles. The molecule has 0 radical (unpaired) electrons. The van der Waals surface area contributed by atoms with Crippen molar-refractivity contribution < 1.29 is 28.5 Å². The average molecular weight is 457 g/mol. The van der Waals surface area contributed by atoms with Gasteiger partial charge in [0.15, 0.2) is 0 Å². The Bertz CT molecular complexity index is 1030. The number of nitrogens with zero attached hydrogens (tertiary/aromatic N) is 2. The molecule has 0 bridgehead atoms. The third-order valence-electron chi connectivity index (χ3n) is 4.55. The summed E-state index contributed by atoms with van der Waals surface area (Å²) in [6, 6.07) is 8.52. The van der Waals surface area contributed by atoms with Gasteiger partial charge in [0.05, 0.1) is 39.1 Å². The molecule has 8 nitrogen and oxygen atoms in total. The fourth-order valence-corrected chi connectivity index (χ4v) is 3.07. The van der Waals surface area contributed by atoms with Crippen molar-refractivity contribution in [1.29, 1.82) is 0 Å². The Labute approximate surface area is 195 Å². The number of anilines is 1. The predicted octanol–water partition coefficient (Wildman–Crippen LogP) is 4.95. The average Bonchev–Trinajstić information content (AvgIpc) is 2.75. The number of carbonyl (C=O) groups is 2. The molecule has 2 aromatic rings. The summed E-state index contributed by atoms with van der Waals surface area (Å²) < 4.78 is 21.3. The standard InChI is InChI=1S/C25H32N2O6/c1-16(2)13-20-19(23(28)32-8)11-12-22(26-20)27(24(29)33-25(3,4)5)15-17-9-10-18(30-6)14-21(17)31-7/h9-12,14H,1,13,15H2,2-8H3. The number of hydrogen-bond donors (Lipinski definition) is 0. The molecule has 2 rings (SSSR count). The van der Waals surface area contributed by atoms with Crippen molar-refractivity contribution in [3.05, 3.63) is 59.3 Å². The van der Waals surface area contributed by atoms with Crippen LogP contribution < -0.4 is 14.4 Å². The molecule has 0 aliphatic carbocycles. The molecule has 0 spiro atoms. The van der Waals surface area contributed by atoms with E-state index < -0.39 is 17.7 Å². The van der Waals surface area contributed by atoms with Crippen molar-refractivity contribution in [2.45, 2.75) is 46.3 Å². The maximum atomic E-state index is 13.2. The summed E-state index contributed by atoms with van der Waals surface area (Å²) >= 11 is 0. The van der Waals surface area contributed by atoms with Crippen molar-refractivity contribution in [2.24, 2.45) is 0 Å². The number of aromatic nitrogens is 1. The van der Waals surface area contributed by atoms with Gasteiger partial charge < -0.3 is 18.9 Å². The van der Waals surface area contributed by atoms with Crippen LogP contribution in [0.15, 0.2) is 42.5 Å². The molecule has 8 heteroatoms. The number of allylic oxidation sites excluding steroid dienone is 1. The summed E-state index contributed by atoms with van der Waals surface area (Å²) in [5.41, 5.74) is 1.60. The Morgan fingerprint density at radius 3 is 2.30 bits per heavy atom. The molecule has 0 unspecified atom stereocenters. The summed E-state index contributed by atoms with van der Waals surface area (Å²) in [7, 11) is 4.42. The van der Waals surface area contributed by atoms with Crippen LogP contribution in [0.25, 0.3) is 0 Å². The highest BCUT2D eigenvalue weighted by atomic mass is 16.6. The SMILES string of the molecule is C=C(C)Cc1nc(N(Cc2ccc(OC)cc2OC)C(=O)OC(C)(C)C)ccc1C(=O)OC. The molecule has 0 fully saturated rings. The summed E-state index contributed by atoms with van der Waals surface area (Å²) in [6.07, 6.45) is -0.230. The predicted molar refractivity (Wildman–Crippen MR) is 126 cm³/mol. The monoisotopic (exact) mass is 456 g/mol. The maximum absolute atomic E-state index is 13.2. The Morgan fingerprint density at radius 1 is 1.06 bits per heavy atom. The molecule has 0 aliphatic heterocycles. The van der Waals surface area contributed by atoms with Gasteiger partial charge in [0.25, 0.3) is 0 Å². The quantitative estimate of drug-likeness (QED) is 0.410. The Kier molecular flexibility index (Phi) is 8.45. The van der Waals surface area contributed by atoms with Gasteiger partial charge >= 0.3 is 12.1 Å². The van der Waals surface area contributed by atoms with E-state index in [9.17, 15) is 9.59 Å². The van der Waals surface area contributed by atoms with Gasteiger partial charge in [-0.05, 0) is 52.0 Å². The summed E-state index contributed by atoms with van der Waals surface area (Å²) in [6.45, 7) is 11.2. The van der Waals surface area contributed by atoms with Gasteiger partial charge in [-0.2, -0.15) is 0 Å². The van der Waals surface area contributed by atoms with Gasteiger partial charge in [-0.1, -0.05) is 12.2 Å². The van der Waals surface area contributed by atoms with E-state index in [0.717, 1.165) is 11.1 Å². The molecule has 0 saturated carbocycles. The van der Waals surface area contributed by atoms with E-state index in [0.29, 0.717) is 35.0 Å². The van der Waals surface area contributed by atoms with E-state index in [-0.39, 0.29) is 6.54 Å². The summed E-state index contributed by atoms with van der Waals surface area (Å²) in [5, 5.41) is 0. The maximum Gasteiger partial charge on any atom is 0.416 e. The summed E-state index contributed by atoms with van der Waals surface area (Å²) in [5.74, 6) is 0.997. The molecular formula is C25H32N2O6. The highest BCUT2D eigenvalue weighted by molar-refractivity contribution is 5.92. The first-order valence-corrected chi connectivity index (χ1v) is 10.4. The van der Waals surface area contributed by atoms with Crippen molar-refractivity contribution in [3.63, 3.8) is 0 Å². The number of hydrogen-bond acceptors (Lipinski definition) is 7. The smallest absolute Gasteiger partial charge is 0.416 e. The van der Waals surface area contributed by atoms with Crippen LogP contribution in [0.3, 0.4) is 0 Å². The van der Waals surface area contributed by atoms with Gasteiger partial charge in [-0.25, -0.2) is 14.6 Å². The van der Waals surface area contributed by atoms with Gasteiger partial charge in [0, 0.05) is 18.1 Å². The van der Waals surface area contributed by atoms with Crippen molar-refractivity contribution in [1.82, 2.24) is 4.98 Å². The number of carbonyl (C=O) groups excluding carboxylic acids is 2. The number of amides is 1. The Morgan fingerprint density at radius 2 is 1.76 bits per heavy atom. The molecule has 0 aliphatic rings. The lowest BCUT2D eigenvalue weighted by atomic mass is 10.1. The van der Waals surface area contributed by atoms with E-state index in [1.165, 1.54) is 12.0 Å². The first-order valence-electron chi connectivity index (χ1n) is 10.4. The first kappa shape index (κ1) is 25.7.